The van der Waals surface area contributed by atoms with Crippen LogP contribution in [0.3, 0.4) is 0 Å². The van der Waals surface area contributed by atoms with Crippen LogP contribution in [0.1, 0.15) is 12.8 Å². The molecule has 0 radical (unpaired) electrons. The summed E-state index contributed by atoms with van der Waals surface area (Å²) >= 11 is 13.3. The molecule has 0 saturated carbocycles. The van der Waals surface area contributed by atoms with Crippen LogP contribution in [0.15, 0.2) is 28.3 Å². The molecule has 1 aromatic carbocycles. The van der Waals surface area contributed by atoms with Crippen LogP contribution in [0.5, 0.6) is 0 Å². The average Bonchev–Trinajstić information content (AvgIpc) is 2.28. The standard InChI is InChI=1S/C10H12Cl2N2OS/c11-8-4-3-7(6-9(8)12)16-5-1-2-10(13)14-15/h3-4,6,15H,1-2,5H2,(H2,13,14). The van der Waals surface area contributed by atoms with Gasteiger partial charge in [0.15, 0.2) is 0 Å². The van der Waals surface area contributed by atoms with E-state index in [2.05, 4.69) is 5.16 Å². The lowest BCUT2D eigenvalue weighted by molar-refractivity contribution is 0.317. The van der Waals surface area contributed by atoms with Crippen LogP contribution >= 0.6 is 35.0 Å². The minimum Gasteiger partial charge on any atom is -0.409 e. The molecule has 88 valence electrons. The molecule has 0 atom stereocenters. The van der Waals surface area contributed by atoms with E-state index in [9.17, 15) is 0 Å². The van der Waals surface area contributed by atoms with Crippen LogP contribution in [0, 0.1) is 0 Å². The van der Waals surface area contributed by atoms with Crippen LogP contribution in [0.4, 0.5) is 0 Å². The van der Waals surface area contributed by atoms with Crippen LogP contribution < -0.4 is 5.73 Å². The van der Waals surface area contributed by atoms with Crippen molar-refractivity contribution in [3.8, 4) is 0 Å². The average molecular weight is 279 g/mol. The van der Waals surface area contributed by atoms with Gasteiger partial charge in [-0.25, -0.2) is 0 Å². The predicted octanol–water partition coefficient (Wildman–Crippen LogP) is 3.61. The van der Waals surface area contributed by atoms with Crippen molar-refractivity contribution in [2.75, 3.05) is 5.75 Å². The first-order valence-corrected chi connectivity index (χ1v) is 6.42. The van der Waals surface area contributed by atoms with Gasteiger partial charge in [0.05, 0.1) is 10.0 Å². The molecule has 0 unspecified atom stereocenters. The Hall–Kier alpha value is -0.580. The molecule has 0 fully saturated rings. The van der Waals surface area contributed by atoms with Crippen molar-refractivity contribution in [1.82, 2.24) is 0 Å². The molecule has 0 heterocycles. The van der Waals surface area contributed by atoms with Gasteiger partial charge in [-0.1, -0.05) is 28.4 Å². The monoisotopic (exact) mass is 278 g/mol. The number of thioether (sulfide) groups is 1. The third kappa shape index (κ3) is 4.51. The van der Waals surface area contributed by atoms with Crippen molar-refractivity contribution in [3.05, 3.63) is 28.2 Å². The Morgan fingerprint density at radius 1 is 1.38 bits per heavy atom. The Labute approximate surface area is 109 Å². The summed E-state index contributed by atoms with van der Waals surface area (Å²) < 4.78 is 0. The molecule has 3 N–H and O–H groups in total. The zero-order chi connectivity index (χ0) is 12.0. The van der Waals surface area contributed by atoms with Gasteiger partial charge in [0.1, 0.15) is 5.84 Å². The number of nitrogens with zero attached hydrogens (tertiary/aromatic N) is 1. The summed E-state index contributed by atoms with van der Waals surface area (Å²) in [5.41, 5.74) is 5.35. The van der Waals surface area contributed by atoms with Gasteiger partial charge in [0.2, 0.25) is 0 Å². The smallest absolute Gasteiger partial charge is 0.139 e. The highest BCUT2D eigenvalue weighted by molar-refractivity contribution is 7.99. The second-order valence-corrected chi connectivity index (χ2v) is 5.10. The fraction of sp³-hybridized carbons (Fsp3) is 0.300. The van der Waals surface area contributed by atoms with E-state index in [-0.39, 0.29) is 5.84 Å². The van der Waals surface area contributed by atoms with Gasteiger partial charge >= 0.3 is 0 Å². The van der Waals surface area contributed by atoms with Gasteiger partial charge in [-0.2, -0.15) is 0 Å². The minimum absolute atomic E-state index is 0.259. The number of hydrogen-bond donors (Lipinski definition) is 2. The molecule has 0 aromatic heterocycles. The van der Waals surface area contributed by atoms with E-state index in [1.807, 2.05) is 12.1 Å². The van der Waals surface area contributed by atoms with Crippen molar-refractivity contribution in [2.45, 2.75) is 17.7 Å². The number of amidine groups is 1. The van der Waals surface area contributed by atoms with Crippen molar-refractivity contribution >= 4 is 40.8 Å². The number of rotatable bonds is 5. The molecule has 3 nitrogen and oxygen atoms in total. The Morgan fingerprint density at radius 2 is 2.12 bits per heavy atom. The van der Waals surface area contributed by atoms with Crippen LogP contribution in [0.2, 0.25) is 10.0 Å². The van der Waals surface area contributed by atoms with Gasteiger partial charge in [-0.05, 0) is 30.4 Å². The molecule has 0 saturated heterocycles. The third-order valence-electron chi connectivity index (χ3n) is 1.87. The lowest BCUT2D eigenvalue weighted by Gasteiger charge is -2.03. The number of oxime groups is 1. The first kappa shape index (κ1) is 13.5. The number of benzene rings is 1. The van der Waals surface area contributed by atoms with Crippen molar-refractivity contribution in [1.29, 1.82) is 0 Å². The lowest BCUT2D eigenvalue weighted by atomic mass is 10.3. The zero-order valence-electron chi connectivity index (χ0n) is 8.49. The Morgan fingerprint density at radius 3 is 2.75 bits per heavy atom. The summed E-state index contributed by atoms with van der Waals surface area (Å²) in [6, 6.07) is 5.52. The summed E-state index contributed by atoms with van der Waals surface area (Å²) in [6.45, 7) is 0. The molecular formula is C10H12Cl2N2OS. The van der Waals surface area contributed by atoms with E-state index in [0.29, 0.717) is 16.5 Å². The largest absolute Gasteiger partial charge is 0.409 e. The second-order valence-electron chi connectivity index (χ2n) is 3.12. The van der Waals surface area contributed by atoms with E-state index in [0.717, 1.165) is 17.1 Å². The fourth-order valence-electron chi connectivity index (χ4n) is 1.06. The topological polar surface area (TPSA) is 58.6 Å². The fourth-order valence-corrected chi connectivity index (χ4v) is 2.31. The van der Waals surface area contributed by atoms with E-state index in [4.69, 9.17) is 34.1 Å². The lowest BCUT2D eigenvalue weighted by Crippen LogP contribution is -2.11. The van der Waals surface area contributed by atoms with Gasteiger partial charge in [0.25, 0.3) is 0 Å². The molecule has 0 bridgehead atoms. The normalized spacial score (nSPS) is 11.8. The molecule has 0 aliphatic rings. The maximum atomic E-state index is 8.34. The SMILES string of the molecule is NC(CCCSc1ccc(Cl)c(Cl)c1)=NO. The Balaban J connectivity index is 2.35. The molecule has 6 heteroatoms. The highest BCUT2D eigenvalue weighted by Gasteiger charge is 2.00. The summed E-state index contributed by atoms with van der Waals surface area (Å²) in [7, 11) is 0. The van der Waals surface area contributed by atoms with Crippen molar-refractivity contribution in [2.24, 2.45) is 10.9 Å². The molecule has 0 aliphatic heterocycles. The van der Waals surface area contributed by atoms with Crippen LogP contribution in [0.25, 0.3) is 0 Å². The van der Waals surface area contributed by atoms with Crippen molar-refractivity contribution < 1.29 is 5.21 Å². The van der Waals surface area contributed by atoms with E-state index >= 15 is 0 Å². The number of hydrogen-bond acceptors (Lipinski definition) is 3. The zero-order valence-corrected chi connectivity index (χ0v) is 10.8. The molecule has 0 aliphatic carbocycles. The van der Waals surface area contributed by atoms with E-state index in [1.165, 1.54) is 0 Å². The molecule has 16 heavy (non-hydrogen) atoms. The van der Waals surface area contributed by atoms with Crippen molar-refractivity contribution in [3.63, 3.8) is 0 Å². The van der Waals surface area contributed by atoms with Gasteiger partial charge < -0.3 is 10.9 Å². The summed E-state index contributed by atoms with van der Waals surface area (Å²) in [6.07, 6.45) is 1.44. The summed E-state index contributed by atoms with van der Waals surface area (Å²) in [5, 5.41) is 12.4. The van der Waals surface area contributed by atoms with Gasteiger partial charge in [-0.15, -0.1) is 11.8 Å². The predicted molar refractivity (Wildman–Crippen MR) is 69.8 cm³/mol. The maximum absolute atomic E-state index is 8.34. The Kier molecular flexibility index (Phi) is 5.80. The molecule has 0 amide bonds. The number of halogens is 2. The summed E-state index contributed by atoms with van der Waals surface area (Å²) in [4.78, 5) is 1.06. The molecule has 1 aromatic rings. The highest BCUT2D eigenvalue weighted by Crippen LogP contribution is 2.28. The summed E-state index contributed by atoms with van der Waals surface area (Å²) in [5.74, 6) is 1.14. The first-order valence-electron chi connectivity index (χ1n) is 4.67. The molecule has 1 rings (SSSR count). The van der Waals surface area contributed by atoms with Gasteiger partial charge in [-0.3, -0.25) is 0 Å². The van der Waals surface area contributed by atoms with E-state index < -0.39 is 0 Å². The van der Waals surface area contributed by atoms with Crippen LogP contribution in [-0.2, 0) is 0 Å². The quantitative estimate of drug-likeness (QED) is 0.216. The second kappa shape index (κ2) is 6.89. The maximum Gasteiger partial charge on any atom is 0.139 e. The minimum atomic E-state index is 0.259. The number of nitrogens with two attached hydrogens (primary N) is 1. The molecular weight excluding hydrogens is 267 g/mol. The first-order chi connectivity index (χ1) is 7.63. The molecule has 0 spiro atoms. The third-order valence-corrected chi connectivity index (χ3v) is 3.68. The van der Waals surface area contributed by atoms with Crippen LogP contribution in [-0.4, -0.2) is 16.8 Å². The van der Waals surface area contributed by atoms with Gasteiger partial charge in [0, 0.05) is 11.3 Å². The highest BCUT2D eigenvalue weighted by atomic mass is 35.5. The Bertz CT molecular complexity index is 385. The van der Waals surface area contributed by atoms with E-state index in [1.54, 1.807) is 17.8 Å².